The summed E-state index contributed by atoms with van der Waals surface area (Å²) in [6.07, 6.45) is 1.24. The highest BCUT2D eigenvalue weighted by Crippen LogP contribution is 2.17. The molecule has 0 bridgehead atoms. The molecule has 0 saturated carbocycles. The van der Waals surface area contributed by atoms with Gasteiger partial charge in [0, 0.05) is 16.3 Å². The summed E-state index contributed by atoms with van der Waals surface area (Å²) in [4.78, 5) is 4.40. The molecule has 4 heteroatoms. The highest BCUT2D eigenvalue weighted by molar-refractivity contribution is 9.10. The zero-order chi connectivity index (χ0) is 11.4. The third-order valence-corrected chi connectivity index (χ3v) is 3.55. The first-order valence-corrected chi connectivity index (χ1v) is 6.50. The van der Waals surface area contributed by atoms with Crippen LogP contribution < -0.4 is 0 Å². The van der Waals surface area contributed by atoms with E-state index in [-0.39, 0.29) is 0 Å². The van der Waals surface area contributed by atoms with Gasteiger partial charge < -0.3 is 0 Å². The Labute approximate surface area is 107 Å². The lowest BCUT2D eigenvalue weighted by atomic mass is 10.2. The number of benzene rings is 1. The number of aromatic nitrogens is 1. The Morgan fingerprint density at radius 1 is 1.31 bits per heavy atom. The fourth-order valence-corrected chi connectivity index (χ4v) is 2.46. The Morgan fingerprint density at radius 2 is 2.06 bits per heavy atom. The molecule has 0 spiro atoms. The average molecular weight is 293 g/mol. The normalized spacial score (nSPS) is 10.0. The fourth-order valence-electron chi connectivity index (χ4n) is 1.37. The number of hydrogen-bond acceptors (Lipinski definition) is 3. The van der Waals surface area contributed by atoms with Crippen LogP contribution in [0.4, 0.5) is 0 Å². The van der Waals surface area contributed by atoms with Gasteiger partial charge in [0.15, 0.2) is 0 Å². The molecule has 0 unspecified atom stereocenters. The standard InChI is InChI=1S/C12H9BrN2S/c13-10-3-1-9(2-4-10)7-12-15-11(5-6-14)8-16-12/h1-4,8H,5,7H2. The SMILES string of the molecule is N#CCc1csc(Cc2ccc(Br)cc2)n1. The van der Waals surface area contributed by atoms with E-state index >= 15 is 0 Å². The minimum Gasteiger partial charge on any atom is -0.245 e. The quantitative estimate of drug-likeness (QED) is 0.867. The molecule has 0 saturated heterocycles. The van der Waals surface area contributed by atoms with E-state index in [9.17, 15) is 0 Å². The number of nitriles is 1. The monoisotopic (exact) mass is 292 g/mol. The van der Waals surface area contributed by atoms with E-state index in [2.05, 4.69) is 39.1 Å². The summed E-state index contributed by atoms with van der Waals surface area (Å²) in [5.74, 6) is 0. The van der Waals surface area contributed by atoms with Crippen LogP contribution in [-0.4, -0.2) is 4.98 Å². The maximum absolute atomic E-state index is 8.56. The molecule has 2 rings (SSSR count). The Morgan fingerprint density at radius 3 is 2.75 bits per heavy atom. The van der Waals surface area contributed by atoms with Crippen LogP contribution in [0.3, 0.4) is 0 Å². The van der Waals surface area contributed by atoms with Crippen LogP contribution in [0, 0.1) is 11.3 Å². The van der Waals surface area contributed by atoms with Crippen LogP contribution in [0.15, 0.2) is 34.1 Å². The lowest BCUT2D eigenvalue weighted by Crippen LogP contribution is -1.88. The first-order chi connectivity index (χ1) is 7.78. The second kappa shape index (κ2) is 5.24. The Bertz CT molecular complexity index is 511. The van der Waals surface area contributed by atoms with E-state index < -0.39 is 0 Å². The Balaban J connectivity index is 2.09. The first-order valence-electron chi connectivity index (χ1n) is 4.82. The van der Waals surface area contributed by atoms with Crippen molar-refractivity contribution in [1.82, 2.24) is 4.98 Å². The molecule has 16 heavy (non-hydrogen) atoms. The van der Waals surface area contributed by atoms with Crippen molar-refractivity contribution in [3.63, 3.8) is 0 Å². The first kappa shape index (κ1) is 11.3. The predicted molar refractivity (Wildman–Crippen MR) is 68.4 cm³/mol. The van der Waals surface area contributed by atoms with Crippen molar-refractivity contribution in [2.45, 2.75) is 12.8 Å². The van der Waals surface area contributed by atoms with Gasteiger partial charge in [0.1, 0.15) is 0 Å². The van der Waals surface area contributed by atoms with Gasteiger partial charge in [-0.05, 0) is 17.7 Å². The number of nitrogens with zero attached hydrogens (tertiary/aromatic N) is 2. The van der Waals surface area contributed by atoms with Gasteiger partial charge >= 0.3 is 0 Å². The van der Waals surface area contributed by atoms with Gasteiger partial charge in [0.05, 0.1) is 23.2 Å². The maximum Gasteiger partial charge on any atom is 0.0972 e. The maximum atomic E-state index is 8.56. The molecule has 2 aromatic rings. The second-order valence-electron chi connectivity index (χ2n) is 3.37. The molecule has 2 nitrogen and oxygen atoms in total. The number of rotatable bonds is 3. The Hall–Kier alpha value is -1.18. The van der Waals surface area contributed by atoms with Crippen molar-refractivity contribution >= 4 is 27.3 Å². The van der Waals surface area contributed by atoms with Crippen LogP contribution >= 0.6 is 27.3 Å². The molecule has 0 aliphatic carbocycles. The molecule has 80 valence electrons. The van der Waals surface area contributed by atoms with Crippen LogP contribution in [0.5, 0.6) is 0 Å². The highest BCUT2D eigenvalue weighted by Gasteiger charge is 2.02. The molecule has 0 fully saturated rings. The molecule has 0 aliphatic rings. The summed E-state index contributed by atoms with van der Waals surface area (Å²) in [5.41, 5.74) is 2.11. The molecular formula is C12H9BrN2S. The van der Waals surface area contributed by atoms with Gasteiger partial charge in [-0.15, -0.1) is 11.3 Å². The van der Waals surface area contributed by atoms with Gasteiger partial charge in [0.2, 0.25) is 0 Å². The Kier molecular flexibility index (Phi) is 3.70. The average Bonchev–Trinajstić information content (AvgIpc) is 2.70. The van der Waals surface area contributed by atoms with Crippen LogP contribution in [-0.2, 0) is 12.8 Å². The van der Waals surface area contributed by atoms with Crippen molar-refractivity contribution in [1.29, 1.82) is 5.26 Å². The van der Waals surface area contributed by atoms with Gasteiger partial charge in [-0.1, -0.05) is 28.1 Å². The zero-order valence-corrected chi connectivity index (χ0v) is 10.9. The van der Waals surface area contributed by atoms with Crippen molar-refractivity contribution in [2.24, 2.45) is 0 Å². The minimum absolute atomic E-state index is 0.400. The third-order valence-electron chi connectivity index (χ3n) is 2.13. The summed E-state index contributed by atoms with van der Waals surface area (Å²) < 4.78 is 1.08. The predicted octanol–water partition coefficient (Wildman–Crippen LogP) is 3.56. The summed E-state index contributed by atoms with van der Waals surface area (Å²) >= 11 is 5.02. The summed E-state index contributed by atoms with van der Waals surface area (Å²) in [6.45, 7) is 0. The van der Waals surface area contributed by atoms with Gasteiger partial charge in [0.25, 0.3) is 0 Å². The number of halogens is 1. The van der Waals surface area contributed by atoms with E-state index in [0.717, 1.165) is 21.6 Å². The second-order valence-corrected chi connectivity index (χ2v) is 5.23. The molecule has 0 amide bonds. The summed E-state index contributed by atoms with van der Waals surface area (Å²) in [7, 11) is 0. The minimum atomic E-state index is 0.400. The molecule has 0 radical (unpaired) electrons. The van der Waals surface area contributed by atoms with Crippen LogP contribution in [0.25, 0.3) is 0 Å². The van der Waals surface area contributed by atoms with Gasteiger partial charge in [-0.3, -0.25) is 0 Å². The smallest absolute Gasteiger partial charge is 0.0972 e. The van der Waals surface area contributed by atoms with Crippen molar-refractivity contribution in [3.05, 3.63) is 50.4 Å². The van der Waals surface area contributed by atoms with Crippen molar-refractivity contribution < 1.29 is 0 Å². The lowest BCUT2D eigenvalue weighted by Gasteiger charge is -1.97. The molecular weight excluding hydrogens is 284 g/mol. The topological polar surface area (TPSA) is 36.7 Å². The fraction of sp³-hybridized carbons (Fsp3) is 0.167. The third kappa shape index (κ3) is 2.91. The van der Waals surface area contributed by atoms with E-state index in [1.54, 1.807) is 11.3 Å². The molecule has 1 aromatic carbocycles. The van der Waals surface area contributed by atoms with E-state index in [4.69, 9.17) is 5.26 Å². The summed E-state index contributed by atoms with van der Waals surface area (Å²) in [6, 6.07) is 10.3. The zero-order valence-electron chi connectivity index (χ0n) is 8.48. The molecule has 0 N–H and O–H groups in total. The van der Waals surface area contributed by atoms with Crippen molar-refractivity contribution in [2.75, 3.05) is 0 Å². The highest BCUT2D eigenvalue weighted by atomic mass is 79.9. The number of thiazole rings is 1. The lowest BCUT2D eigenvalue weighted by molar-refractivity contribution is 1.07. The van der Waals surface area contributed by atoms with E-state index in [0.29, 0.717) is 6.42 Å². The summed E-state index contributed by atoms with van der Waals surface area (Å²) in [5, 5.41) is 11.6. The molecule has 1 aromatic heterocycles. The van der Waals surface area contributed by atoms with Crippen LogP contribution in [0.2, 0.25) is 0 Å². The molecule has 0 aliphatic heterocycles. The van der Waals surface area contributed by atoms with Gasteiger partial charge in [-0.25, -0.2) is 4.98 Å². The van der Waals surface area contributed by atoms with E-state index in [1.807, 2.05) is 17.5 Å². The van der Waals surface area contributed by atoms with Gasteiger partial charge in [-0.2, -0.15) is 5.26 Å². The molecule has 1 heterocycles. The number of hydrogen-bond donors (Lipinski definition) is 0. The molecule has 0 atom stereocenters. The van der Waals surface area contributed by atoms with Crippen molar-refractivity contribution in [3.8, 4) is 6.07 Å². The van der Waals surface area contributed by atoms with E-state index in [1.165, 1.54) is 5.56 Å². The van der Waals surface area contributed by atoms with Crippen LogP contribution in [0.1, 0.15) is 16.3 Å². The largest absolute Gasteiger partial charge is 0.245 e.